The summed E-state index contributed by atoms with van der Waals surface area (Å²) in [7, 11) is 0. The van der Waals surface area contributed by atoms with Crippen molar-refractivity contribution in [1.29, 1.82) is 0 Å². The van der Waals surface area contributed by atoms with Crippen LogP contribution in [0.15, 0.2) is 176 Å². The molecule has 298 valence electrons. The average Bonchev–Trinajstić information content (AvgIpc) is 3.86. The van der Waals surface area contributed by atoms with Gasteiger partial charge in [0.05, 0.1) is 32.1 Å². The summed E-state index contributed by atoms with van der Waals surface area (Å²) in [4.78, 5) is 5.10. The van der Waals surface area contributed by atoms with E-state index in [4.69, 9.17) is 0 Å². The van der Waals surface area contributed by atoms with Gasteiger partial charge < -0.3 is 9.80 Å². The first-order valence-corrected chi connectivity index (χ1v) is 23.1. The normalized spacial score (nSPS) is 12.3. The van der Waals surface area contributed by atoms with E-state index in [-0.39, 0.29) is 5.41 Å². The van der Waals surface area contributed by atoms with Crippen molar-refractivity contribution >= 4 is 129 Å². The lowest BCUT2D eigenvalue weighted by molar-refractivity contribution is 0.591. The molecule has 0 amide bonds. The van der Waals surface area contributed by atoms with E-state index in [1.807, 2.05) is 22.7 Å². The molecule has 0 aliphatic carbocycles. The number of thiophene rings is 2. The van der Waals surface area contributed by atoms with Crippen molar-refractivity contribution in [2.45, 2.75) is 40.0 Å². The third-order valence-corrected chi connectivity index (χ3v) is 15.2. The summed E-state index contributed by atoms with van der Waals surface area (Å²) >= 11 is 3.77. The Labute approximate surface area is 369 Å². The number of aryl methyl sites for hydroxylation is 2. The Morgan fingerprint density at radius 1 is 0.371 bits per heavy atom. The van der Waals surface area contributed by atoms with Crippen molar-refractivity contribution in [3.05, 3.63) is 193 Å². The van der Waals surface area contributed by atoms with Crippen LogP contribution in [0.1, 0.15) is 37.5 Å². The molecule has 0 spiro atoms. The van der Waals surface area contributed by atoms with Crippen LogP contribution >= 0.6 is 22.7 Å². The van der Waals surface area contributed by atoms with E-state index in [1.54, 1.807) is 0 Å². The predicted molar refractivity (Wildman–Crippen MR) is 273 cm³/mol. The van der Waals surface area contributed by atoms with Gasteiger partial charge in [-0.1, -0.05) is 142 Å². The number of hydrogen-bond acceptors (Lipinski definition) is 4. The molecular weight excluding hydrogens is 789 g/mol. The second kappa shape index (κ2) is 13.9. The Hall–Kier alpha value is -6.72. The van der Waals surface area contributed by atoms with E-state index in [0.29, 0.717) is 0 Å². The Kier molecular flexibility index (Phi) is 8.31. The summed E-state index contributed by atoms with van der Waals surface area (Å²) in [5.74, 6) is 0. The molecule has 0 saturated heterocycles. The number of rotatable bonds is 6. The SMILES string of the molecule is Cc1cccc(N(c2cc(N(c3cccc(C)c3)c3cccc4c3sc3ccccc34)c3ccc4cc(C(C)(C)C)cc5ccc2c3c54)c2cccc3c2sc2ccccc23)c1. The number of nitrogens with zero attached hydrogens (tertiary/aromatic N) is 2. The second-order valence-electron chi connectivity index (χ2n) is 17.9. The summed E-state index contributed by atoms with van der Waals surface area (Å²) < 4.78 is 5.16. The molecule has 62 heavy (non-hydrogen) atoms. The van der Waals surface area contributed by atoms with Crippen molar-refractivity contribution in [2.75, 3.05) is 9.80 Å². The molecule has 10 aromatic carbocycles. The number of fused-ring (bicyclic) bond motifs is 6. The van der Waals surface area contributed by atoms with Crippen LogP contribution in [-0.4, -0.2) is 0 Å². The van der Waals surface area contributed by atoms with Crippen LogP contribution in [0.5, 0.6) is 0 Å². The van der Waals surface area contributed by atoms with Crippen LogP contribution < -0.4 is 9.80 Å². The number of anilines is 6. The quantitative estimate of drug-likeness (QED) is 0.154. The highest BCUT2D eigenvalue weighted by Gasteiger charge is 2.28. The molecule has 0 N–H and O–H groups in total. The van der Waals surface area contributed by atoms with E-state index in [2.05, 4.69) is 220 Å². The lowest BCUT2D eigenvalue weighted by atomic mass is 9.83. The zero-order chi connectivity index (χ0) is 41.9. The predicted octanol–water partition coefficient (Wildman–Crippen LogP) is 18.2. The van der Waals surface area contributed by atoms with E-state index >= 15 is 0 Å². The third kappa shape index (κ3) is 5.74. The monoisotopic (exact) mass is 832 g/mol. The van der Waals surface area contributed by atoms with Crippen molar-refractivity contribution < 1.29 is 0 Å². The molecule has 12 aromatic rings. The van der Waals surface area contributed by atoms with E-state index in [1.165, 1.54) is 101 Å². The lowest BCUT2D eigenvalue weighted by Gasteiger charge is -2.33. The molecule has 0 unspecified atom stereocenters. The van der Waals surface area contributed by atoms with E-state index < -0.39 is 0 Å². The highest BCUT2D eigenvalue weighted by atomic mass is 32.1. The van der Waals surface area contributed by atoms with Gasteiger partial charge in [-0.15, -0.1) is 22.7 Å². The molecule has 2 aromatic heterocycles. The minimum atomic E-state index is 0.0105. The third-order valence-electron chi connectivity index (χ3n) is 12.8. The fourth-order valence-electron chi connectivity index (χ4n) is 9.85. The van der Waals surface area contributed by atoms with Gasteiger partial charge in [0.15, 0.2) is 0 Å². The summed E-state index contributed by atoms with van der Waals surface area (Å²) in [5, 5.41) is 12.8. The van der Waals surface area contributed by atoms with Gasteiger partial charge in [-0.3, -0.25) is 0 Å². The molecule has 0 saturated carbocycles. The van der Waals surface area contributed by atoms with Gasteiger partial charge in [-0.25, -0.2) is 0 Å². The maximum absolute atomic E-state index is 2.55. The van der Waals surface area contributed by atoms with Crippen molar-refractivity contribution in [2.24, 2.45) is 0 Å². The van der Waals surface area contributed by atoms with Crippen LogP contribution in [0, 0.1) is 13.8 Å². The molecule has 0 radical (unpaired) electrons. The van der Waals surface area contributed by atoms with Crippen LogP contribution in [-0.2, 0) is 5.41 Å². The first kappa shape index (κ1) is 37.1. The van der Waals surface area contributed by atoms with Crippen LogP contribution in [0.4, 0.5) is 34.1 Å². The van der Waals surface area contributed by atoms with Crippen LogP contribution in [0.25, 0.3) is 72.7 Å². The van der Waals surface area contributed by atoms with Crippen molar-refractivity contribution in [3.8, 4) is 0 Å². The van der Waals surface area contributed by atoms with Gasteiger partial charge in [-0.05, 0) is 107 Å². The first-order chi connectivity index (χ1) is 30.2. The molecular formula is C58H44N2S2. The highest BCUT2D eigenvalue weighted by Crippen LogP contribution is 2.54. The molecule has 2 heterocycles. The van der Waals surface area contributed by atoms with Crippen molar-refractivity contribution in [3.63, 3.8) is 0 Å². The summed E-state index contributed by atoms with van der Waals surface area (Å²) in [5.41, 5.74) is 10.7. The van der Waals surface area contributed by atoms with Gasteiger partial charge in [-0.2, -0.15) is 0 Å². The minimum Gasteiger partial charge on any atom is -0.308 e. The average molecular weight is 833 g/mol. The topological polar surface area (TPSA) is 6.48 Å². The molecule has 0 aliphatic heterocycles. The first-order valence-electron chi connectivity index (χ1n) is 21.5. The fourth-order valence-corrected chi connectivity index (χ4v) is 12.3. The smallest absolute Gasteiger partial charge is 0.0640 e. The fraction of sp³-hybridized carbons (Fsp3) is 0.103. The maximum atomic E-state index is 2.55. The van der Waals surface area contributed by atoms with Gasteiger partial charge >= 0.3 is 0 Å². The largest absolute Gasteiger partial charge is 0.308 e. The Morgan fingerprint density at radius 2 is 0.823 bits per heavy atom. The van der Waals surface area contributed by atoms with Gasteiger partial charge in [0, 0.05) is 58.5 Å². The molecule has 0 fully saturated rings. The van der Waals surface area contributed by atoms with Gasteiger partial charge in [0.25, 0.3) is 0 Å². The molecule has 0 aliphatic rings. The zero-order valence-corrected chi connectivity index (χ0v) is 37.1. The molecule has 12 rings (SSSR count). The second-order valence-corrected chi connectivity index (χ2v) is 20.0. The Balaban J connectivity index is 1.26. The molecule has 2 nitrogen and oxygen atoms in total. The molecule has 0 atom stereocenters. The van der Waals surface area contributed by atoms with E-state index in [0.717, 1.165) is 22.7 Å². The Morgan fingerprint density at radius 3 is 1.29 bits per heavy atom. The van der Waals surface area contributed by atoms with Crippen LogP contribution in [0.2, 0.25) is 0 Å². The zero-order valence-electron chi connectivity index (χ0n) is 35.5. The van der Waals surface area contributed by atoms with Gasteiger partial charge in [0.1, 0.15) is 0 Å². The standard InChI is InChI=1S/C58H44N2S2/c1-35-14-10-16-40(30-35)59(48-22-12-20-44-42-18-6-8-24-52(42)61-56(44)48)50-34-51(47-29-27-38-33-39(58(3,4)5)32-37-26-28-46(50)55(47)54(37)38)60(41-17-11-15-36(2)31-41)49-23-13-21-45-43-19-7-9-25-53(43)62-57(45)49/h6-34H,1-5H3. The van der Waals surface area contributed by atoms with Crippen molar-refractivity contribution in [1.82, 2.24) is 0 Å². The van der Waals surface area contributed by atoms with Gasteiger partial charge in [0.2, 0.25) is 0 Å². The summed E-state index contributed by atoms with van der Waals surface area (Å²) in [6.07, 6.45) is 0. The minimum absolute atomic E-state index is 0.0105. The maximum Gasteiger partial charge on any atom is 0.0640 e. The van der Waals surface area contributed by atoms with Crippen LogP contribution in [0.3, 0.4) is 0 Å². The number of hydrogen-bond donors (Lipinski definition) is 0. The number of benzene rings is 10. The molecule has 0 bridgehead atoms. The highest BCUT2D eigenvalue weighted by molar-refractivity contribution is 7.26. The summed E-state index contributed by atoms with van der Waals surface area (Å²) in [6.45, 7) is 11.4. The lowest BCUT2D eigenvalue weighted by Crippen LogP contribution is -2.15. The Bertz CT molecular complexity index is 3500. The molecule has 4 heteroatoms. The van der Waals surface area contributed by atoms with E-state index in [9.17, 15) is 0 Å². The summed E-state index contributed by atoms with van der Waals surface area (Å²) in [6, 6.07) is 66.3.